The molecule has 6 nitrogen and oxygen atoms in total. The lowest BCUT2D eigenvalue weighted by Gasteiger charge is -2.40. The second kappa shape index (κ2) is 5.19. The first kappa shape index (κ1) is 15.4. The first-order valence-corrected chi connectivity index (χ1v) is 8.58. The first-order chi connectivity index (χ1) is 11.4. The predicted octanol–water partition coefficient (Wildman–Crippen LogP) is 2.55. The normalized spacial score (nSPS) is 36.5. The summed E-state index contributed by atoms with van der Waals surface area (Å²) in [6.45, 7) is 2.03. The highest BCUT2D eigenvalue weighted by Gasteiger charge is 2.60. The number of benzene rings is 1. The minimum absolute atomic E-state index is 0.0475. The van der Waals surface area contributed by atoms with Crippen molar-refractivity contribution in [2.24, 2.45) is 23.7 Å². The molecule has 0 N–H and O–H groups in total. The van der Waals surface area contributed by atoms with Crippen molar-refractivity contribution in [3.8, 4) is 5.75 Å². The molecule has 0 spiro atoms. The van der Waals surface area contributed by atoms with Gasteiger partial charge in [-0.15, -0.1) is 0 Å². The van der Waals surface area contributed by atoms with Crippen molar-refractivity contribution in [2.75, 3.05) is 0 Å². The van der Waals surface area contributed by atoms with Gasteiger partial charge in [0.05, 0.1) is 10.9 Å². The molecule has 0 aliphatic heterocycles. The van der Waals surface area contributed by atoms with E-state index in [0.29, 0.717) is 17.8 Å². The van der Waals surface area contributed by atoms with Crippen molar-refractivity contribution in [2.45, 2.75) is 44.6 Å². The number of rotatable bonds is 4. The number of fused-ring (bicyclic) bond motifs is 5. The summed E-state index contributed by atoms with van der Waals surface area (Å²) in [5.74, 6) is 1.17. The molecule has 0 aromatic heterocycles. The van der Waals surface area contributed by atoms with Gasteiger partial charge in [0, 0.05) is 17.5 Å². The summed E-state index contributed by atoms with van der Waals surface area (Å²) >= 11 is 0. The lowest BCUT2D eigenvalue weighted by atomic mass is 9.73. The molecule has 24 heavy (non-hydrogen) atoms. The number of nitrogens with zero attached hydrogens (tertiary/aromatic N) is 1. The molecule has 1 aromatic rings. The molecule has 2 bridgehead atoms. The lowest BCUT2D eigenvalue weighted by Crippen LogP contribution is -2.43. The molecule has 6 heteroatoms. The van der Waals surface area contributed by atoms with E-state index in [1.807, 2.05) is 6.92 Å². The van der Waals surface area contributed by atoms with E-state index in [1.165, 1.54) is 37.5 Å². The number of carboxylic acid groups (broad SMARTS) is 1. The van der Waals surface area contributed by atoms with Crippen LogP contribution in [0.4, 0.5) is 5.69 Å². The molecule has 3 fully saturated rings. The Morgan fingerprint density at radius 1 is 1.33 bits per heavy atom. The molecule has 0 amide bonds. The van der Waals surface area contributed by atoms with Crippen molar-refractivity contribution in [1.29, 1.82) is 0 Å². The summed E-state index contributed by atoms with van der Waals surface area (Å²) in [4.78, 5) is 21.9. The standard InChI is InChI=1S/C18H21NO5/c1-18(9-11-7-14(18)13-4-2-3-12(11)13)24-16-8-10(17(20)21)5-6-15(16)19(22)23/h5-6,8,11-14H,2-4,7,9H2,1H3,(H,20,21)/p-1. The van der Waals surface area contributed by atoms with Gasteiger partial charge < -0.3 is 14.6 Å². The maximum Gasteiger partial charge on any atom is 0.310 e. The van der Waals surface area contributed by atoms with Crippen LogP contribution in [0.1, 0.15) is 49.4 Å². The molecule has 0 saturated heterocycles. The maximum absolute atomic E-state index is 11.3. The van der Waals surface area contributed by atoms with E-state index in [1.54, 1.807) is 0 Å². The number of ether oxygens (including phenoxy) is 1. The highest BCUT2D eigenvalue weighted by Crippen LogP contribution is 2.63. The Kier molecular flexibility index (Phi) is 3.34. The Balaban J connectivity index is 1.66. The minimum atomic E-state index is -1.36. The molecule has 0 heterocycles. The molecule has 3 saturated carbocycles. The molecule has 1 aromatic carbocycles. The Bertz CT molecular complexity index is 717. The van der Waals surface area contributed by atoms with E-state index in [2.05, 4.69) is 0 Å². The van der Waals surface area contributed by atoms with Gasteiger partial charge in [0.2, 0.25) is 0 Å². The fraction of sp³-hybridized carbons (Fsp3) is 0.611. The maximum atomic E-state index is 11.3. The van der Waals surface area contributed by atoms with E-state index in [9.17, 15) is 20.0 Å². The summed E-state index contributed by atoms with van der Waals surface area (Å²) in [6, 6.07) is 3.61. The van der Waals surface area contributed by atoms with Crippen molar-refractivity contribution in [3.63, 3.8) is 0 Å². The predicted molar refractivity (Wildman–Crippen MR) is 83.5 cm³/mol. The van der Waals surface area contributed by atoms with Crippen molar-refractivity contribution >= 4 is 11.7 Å². The van der Waals surface area contributed by atoms with Crippen LogP contribution in [0.2, 0.25) is 0 Å². The Labute approximate surface area is 140 Å². The van der Waals surface area contributed by atoms with Crippen LogP contribution in [0.5, 0.6) is 5.75 Å². The van der Waals surface area contributed by atoms with Crippen LogP contribution >= 0.6 is 0 Å². The first-order valence-electron chi connectivity index (χ1n) is 8.58. The summed E-state index contributed by atoms with van der Waals surface area (Å²) in [6.07, 6.45) is 5.79. The van der Waals surface area contributed by atoms with E-state index in [4.69, 9.17) is 4.74 Å². The highest BCUT2D eigenvalue weighted by atomic mass is 16.6. The van der Waals surface area contributed by atoms with Crippen molar-refractivity contribution in [1.82, 2.24) is 0 Å². The number of carboxylic acids is 1. The van der Waals surface area contributed by atoms with Crippen LogP contribution in [0.3, 0.4) is 0 Å². The molecular weight excluding hydrogens is 310 g/mol. The molecule has 3 aliphatic carbocycles. The van der Waals surface area contributed by atoms with Gasteiger partial charge in [0.25, 0.3) is 0 Å². The molecule has 4 rings (SSSR count). The van der Waals surface area contributed by atoms with Gasteiger partial charge in [-0.25, -0.2) is 0 Å². The zero-order valence-electron chi connectivity index (χ0n) is 13.6. The summed E-state index contributed by atoms with van der Waals surface area (Å²) in [5.41, 5.74) is -0.737. The van der Waals surface area contributed by atoms with Gasteiger partial charge in [-0.2, -0.15) is 0 Å². The number of hydrogen-bond acceptors (Lipinski definition) is 5. The van der Waals surface area contributed by atoms with Gasteiger partial charge in [-0.3, -0.25) is 10.1 Å². The Morgan fingerprint density at radius 2 is 2.08 bits per heavy atom. The number of carbonyl (C=O) groups excluding carboxylic acids is 1. The SMILES string of the molecule is CC1(Oc2cc(C(=O)[O-])ccc2[N+](=O)[O-])CC2CC1C1CCCC21. The summed E-state index contributed by atoms with van der Waals surface area (Å²) in [7, 11) is 0. The van der Waals surface area contributed by atoms with Crippen LogP contribution in [0, 0.1) is 33.8 Å². The monoisotopic (exact) mass is 330 g/mol. The number of nitro benzene ring substituents is 1. The largest absolute Gasteiger partial charge is 0.545 e. The number of aromatic carboxylic acids is 1. The topological polar surface area (TPSA) is 92.5 Å². The van der Waals surface area contributed by atoms with Crippen LogP contribution < -0.4 is 9.84 Å². The fourth-order valence-electron chi connectivity index (χ4n) is 5.63. The third-order valence-corrected chi connectivity index (χ3v) is 6.49. The average molecular weight is 330 g/mol. The molecule has 3 aliphatic rings. The van der Waals surface area contributed by atoms with Crippen LogP contribution in [0.25, 0.3) is 0 Å². The zero-order valence-corrected chi connectivity index (χ0v) is 13.6. The third-order valence-electron chi connectivity index (χ3n) is 6.49. The van der Waals surface area contributed by atoms with E-state index in [0.717, 1.165) is 18.8 Å². The van der Waals surface area contributed by atoms with E-state index < -0.39 is 16.5 Å². The molecule has 5 atom stereocenters. The average Bonchev–Trinajstić information content (AvgIpc) is 3.17. The fourth-order valence-corrected chi connectivity index (χ4v) is 5.63. The van der Waals surface area contributed by atoms with E-state index in [-0.39, 0.29) is 17.0 Å². The summed E-state index contributed by atoms with van der Waals surface area (Å²) in [5, 5.41) is 22.4. The lowest BCUT2D eigenvalue weighted by molar-refractivity contribution is -0.386. The van der Waals surface area contributed by atoms with Crippen LogP contribution in [-0.2, 0) is 0 Å². The van der Waals surface area contributed by atoms with Gasteiger partial charge in [0.1, 0.15) is 5.60 Å². The van der Waals surface area contributed by atoms with Gasteiger partial charge >= 0.3 is 5.69 Å². The molecule has 5 unspecified atom stereocenters. The molecular formula is C18H20NO5-. The Morgan fingerprint density at radius 3 is 2.79 bits per heavy atom. The second-order valence-electron chi connectivity index (χ2n) is 7.71. The quantitative estimate of drug-likeness (QED) is 0.625. The van der Waals surface area contributed by atoms with E-state index >= 15 is 0 Å². The van der Waals surface area contributed by atoms with Crippen molar-refractivity contribution in [3.05, 3.63) is 33.9 Å². The smallest absolute Gasteiger partial charge is 0.310 e. The number of carbonyl (C=O) groups is 1. The van der Waals surface area contributed by atoms with Crippen LogP contribution in [0.15, 0.2) is 18.2 Å². The highest BCUT2D eigenvalue weighted by molar-refractivity contribution is 5.87. The van der Waals surface area contributed by atoms with Gasteiger partial charge in [-0.05, 0) is 62.5 Å². The number of nitro groups is 1. The minimum Gasteiger partial charge on any atom is -0.545 e. The zero-order chi connectivity index (χ0) is 17.1. The summed E-state index contributed by atoms with van der Waals surface area (Å²) < 4.78 is 6.16. The third kappa shape index (κ3) is 2.19. The number of hydrogen-bond donors (Lipinski definition) is 0. The molecule has 128 valence electrons. The second-order valence-corrected chi connectivity index (χ2v) is 7.71. The van der Waals surface area contributed by atoms with Crippen molar-refractivity contribution < 1.29 is 19.6 Å². The van der Waals surface area contributed by atoms with Crippen LogP contribution in [-0.4, -0.2) is 16.5 Å². The molecule has 0 radical (unpaired) electrons. The van der Waals surface area contributed by atoms with Gasteiger partial charge in [-0.1, -0.05) is 6.42 Å². The Hall–Kier alpha value is -2.11. The van der Waals surface area contributed by atoms with Gasteiger partial charge in [0.15, 0.2) is 5.75 Å².